The van der Waals surface area contributed by atoms with E-state index in [2.05, 4.69) is 10.2 Å². The molecule has 1 aromatic heterocycles. The number of nitrogens with zero attached hydrogens (tertiary/aromatic N) is 3. The number of Topliss-reactive ketones (excluding diaryl/α,β-unsaturated/α-hetero) is 1. The van der Waals surface area contributed by atoms with Gasteiger partial charge in [-0.05, 0) is 38.1 Å². The van der Waals surface area contributed by atoms with E-state index in [0.29, 0.717) is 10.7 Å². The lowest BCUT2D eigenvalue weighted by Crippen LogP contribution is -2.13. The maximum absolute atomic E-state index is 12.2. The first-order valence-corrected chi connectivity index (χ1v) is 8.04. The predicted molar refractivity (Wildman–Crippen MR) is 78.9 cm³/mol. The van der Waals surface area contributed by atoms with Gasteiger partial charge in [-0.25, -0.2) is 0 Å². The lowest BCUT2D eigenvalue weighted by Gasteiger charge is -2.10. The summed E-state index contributed by atoms with van der Waals surface area (Å²) in [5, 5.41) is 7.73. The Balaban J connectivity index is 2.10. The molecule has 1 atom stereocenters. The zero-order chi connectivity index (χ0) is 15.4. The number of benzene rings is 1. The van der Waals surface area contributed by atoms with Crippen molar-refractivity contribution in [2.45, 2.75) is 31.7 Å². The second kappa shape index (κ2) is 6.62. The van der Waals surface area contributed by atoms with Crippen molar-refractivity contribution in [3.8, 4) is 5.75 Å². The van der Waals surface area contributed by atoms with Crippen LogP contribution in [0, 0.1) is 0 Å². The number of carbonyl (C=O) groups is 1. The summed E-state index contributed by atoms with van der Waals surface area (Å²) < 4.78 is 18.5. The van der Waals surface area contributed by atoms with Gasteiger partial charge >= 0.3 is 0 Å². The third-order valence-corrected chi connectivity index (χ3v) is 3.53. The average molecular weight is 307 g/mol. The van der Waals surface area contributed by atoms with Gasteiger partial charge in [-0.3, -0.25) is 13.6 Å². The van der Waals surface area contributed by atoms with Crippen LogP contribution < -0.4 is 4.74 Å². The fraction of sp³-hybridized carbons (Fsp3) is 0.357. The Morgan fingerprint density at radius 2 is 2.00 bits per heavy atom. The summed E-state index contributed by atoms with van der Waals surface area (Å²) >= 11 is 0. The SMILES string of the molecule is CC(C)Oc1ccc(C(=O)Cn2cnnc2[S@](C)=O)cc1. The lowest BCUT2D eigenvalue weighted by atomic mass is 10.1. The number of ether oxygens (including phenoxy) is 1. The first-order chi connectivity index (χ1) is 9.97. The molecule has 7 heteroatoms. The first-order valence-electron chi connectivity index (χ1n) is 6.48. The van der Waals surface area contributed by atoms with Crippen LogP contribution in [0.1, 0.15) is 24.2 Å². The largest absolute Gasteiger partial charge is 0.491 e. The van der Waals surface area contributed by atoms with Crippen molar-refractivity contribution < 1.29 is 13.7 Å². The van der Waals surface area contributed by atoms with E-state index in [1.807, 2.05) is 13.8 Å². The van der Waals surface area contributed by atoms with Crippen LogP contribution in [0.2, 0.25) is 0 Å². The van der Waals surface area contributed by atoms with E-state index in [1.165, 1.54) is 17.2 Å². The van der Waals surface area contributed by atoms with Crippen molar-refractivity contribution in [2.75, 3.05) is 6.26 Å². The minimum Gasteiger partial charge on any atom is -0.491 e. The maximum atomic E-state index is 12.2. The number of carbonyl (C=O) groups excluding carboxylic acids is 1. The number of hydrogen-bond acceptors (Lipinski definition) is 5. The van der Waals surface area contributed by atoms with E-state index in [1.54, 1.807) is 24.3 Å². The summed E-state index contributed by atoms with van der Waals surface area (Å²) in [5.41, 5.74) is 0.563. The van der Waals surface area contributed by atoms with Gasteiger partial charge in [-0.1, -0.05) is 0 Å². The van der Waals surface area contributed by atoms with Gasteiger partial charge in [0.25, 0.3) is 0 Å². The molecule has 0 aliphatic carbocycles. The Hall–Kier alpha value is -2.02. The molecule has 112 valence electrons. The van der Waals surface area contributed by atoms with Crippen LogP contribution in [0.15, 0.2) is 35.7 Å². The molecule has 0 aliphatic rings. The Labute approximate surface area is 125 Å². The van der Waals surface area contributed by atoms with Crippen LogP contribution in [0.5, 0.6) is 5.75 Å². The van der Waals surface area contributed by atoms with Crippen molar-refractivity contribution in [3.05, 3.63) is 36.2 Å². The number of rotatable bonds is 6. The predicted octanol–water partition coefficient (Wildman–Crippen LogP) is 1.69. The van der Waals surface area contributed by atoms with E-state index in [-0.39, 0.29) is 18.4 Å². The van der Waals surface area contributed by atoms with Crippen LogP contribution in [-0.2, 0) is 17.3 Å². The van der Waals surface area contributed by atoms with Crippen molar-refractivity contribution in [1.82, 2.24) is 14.8 Å². The summed E-state index contributed by atoms with van der Waals surface area (Å²) in [6.07, 6.45) is 3.00. The van der Waals surface area contributed by atoms with Crippen molar-refractivity contribution in [3.63, 3.8) is 0 Å². The average Bonchev–Trinajstić information content (AvgIpc) is 2.87. The molecule has 0 spiro atoms. The Morgan fingerprint density at radius 1 is 1.33 bits per heavy atom. The molecular formula is C14H17N3O3S. The highest BCUT2D eigenvalue weighted by molar-refractivity contribution is 7.84. The molecule has 0 aliphatic heterocycles. The van der Waals surface area contributed by atoms with E-state index < -0.39 is 10.8 Å². The highest BCUT2D eigenvalue weighted by Gasteiger charge is 2.13. The van der Waals surface area contributed by atoms with Crippen LogP contribution in [-0.4, -0.2) is 37.1 Å². The van der Waals surface area contributed by atoms with Gasteiger partial charge in [0.15, 0.2) is 5.78 Å². The molecule has 21 heavy (non-hydrogen) atoms. The van der Waals surface area contributed by atoms with Crippen LogP contribution in [0.3, 0.4) is 0 Å². The summed E-state index contributed by atoms with van der Waals surface area (Å²) in [6, 6.07) is 6.95. The number of ketones is 1. The van der Waals surface area contributed by atoms with Gasteiger partial charge in [0.2, 0.25) is 5.16 Å². The zero-order valence-electron chi connectivity index (χ0n) is 12.1. The van der Waals surface area contributed by atoms with Gasteiger partial charge in [0.05, 0.1) is 23.4 Å². The molecule has 0 unspecified atom stereocenters. The molecule has 1 heterocycles. The minimum atomic E-state index is -1.28. The zero-order valence-corrected chi connectivity index (χ0v) is 13.0. The molecule has 2 rings (SSSR count). The molecule has 0 fully saturated rings. The van der Waals surface area contributed by atoms with Crippen molar-refractivity contribution >= 4 is 16.6 Å². The Bertz CT molecular complexity index is 650. The molecule has 0 radical (unpaired) electrons. The van der Waals surface area contributed by atoms with Gasteiger partial charge < -0.3 is 4.74 Å². The highest BCUT2D eigenvalue weighted by Crippen LogP contribution is 2.15. The fourth-order valence-electron chi connectivity index (χ4n) is 1.81. The molecule has 0 amide bonds. The molecule has 0 N–H and O–H groups in total. The van der Waals surface area contributed by atoms with Gasteiger partial charge in [-0.2, -0.15) is 0 Å². The van der Waals surface area contributed by atoms with Crippen LogP contribution >= 0.6 is 0 Å². The van der Waals surface area contributed by atoms with E-state index in [4.69, 9.17) is 4.74 Å². The Morgan fingerprint density at radius 3 is 2.57 bits per heavy atom. The normalized spacial score (nSPS) is 12.4. The maximum Gasteiger partial charge on any atom is 0.221 e. The second-order valence-electron chi connectivity index (χ2n) is 4.81. The summed E-state index contributed by atoms with van der Waals surface area (Å²) in [6.45, 7) is 3.95. The molecule has 2 aromatic rings. The summed E-state index contributed by atoms with van der Waals surface area (Å²) in [4.78, 5) is 12.2. The van der Waals surface area contributed by atoms with Crippen molar-refractivity contribution in [2.24, 2.45) is 0 Å². The van der Waals surface area contributed by atoms with E-state index in [9.17, 15) is 9.00 Å². The number of aromatic nitrogens is 3. The summed E-state index contributed by atoms with van der Waals surface area (Å²) in [5.74, 6) is 0.624. The lowest BCUT2D eigenvalue weighted by molar-refractivity contribution is 0.0969. The standard InChI is InChI=1S/C14H17N3O3S/c1-10(2)20-12-6-4-11(5-7-12)13(18)8-17-9-15-16-14(17)21(3)19/h4-7,9-10H,8H2,1-3H3/t21-/m0/s1. The molecule has 0 saturated carbocycles. The van der Waals surface area contributed by atoms with Gasteiger partial charge in [0, 0.05) is 11.8 Å². The van der Waals surface area contributed by atoms with E-state index in [0.717, 1.165) is 5.75 Å². The molecule has 6 nitrogen and oxygen atoms in total. The number of hydrogen-bond donors (Lipinski definition) is 0. The molecule has 1 aromatic carbocycles. The van der Waals surface area contributed by atoms with E-state index >= 15 is 0 Å². The quantitative estimate of drug-likeness (QED) is 0.759. The smallest absolute Gasteiger partial charge is 0.221 e. The molecular weight excluding hydrogens is 290 g/mol. The minimum absolute atomic E-state index is 0.0618. The third-order valence-electron chi connectivity index (χ3n) is 2.70. The summed E-state index contributed by atoms with van der Waals surface area (Å²) in [7, 11) is -1.28. The topological polar surface area (TPSA) is 74.1 Å². The highest BCUT2D eigenvalue weighted by atomic mass is 32.2. The van der Waals surface area contributed by atoms with Crippen molar-refractivity contribution in [1.29, 1.82) is 0 Å². The third kappa shape index (κ3) is 3.98. The second-order valence-corrected chi connectivity index (χ2v) is 6.08. The first kappa shape index (κ1) is 15.4. The van der Waals surface area contributed by atoms with Crippen LogP contribution in [0.25, 0.3) is 0 Å². The Kier molecular flexibility index (Phi) is 4.85. The molecule has 0 saturated heterocycles. The fourth-order valence-corrected chi connectivity index (χ4v) is 2.42. The monoisotopic (exact) mass is 307 g/mol. The van der Waals surface area contributed by atoms with Gasteiger partial charge in [0.1, 0.15) is 12.1 Å². The van der Waals surface area contributed by atoms with Gasteiger partial charge in [-0.15, -0.1) is 10.2 Å². The molecule has 0 bridgehead atoms. The van der Waals surface area contributed by atoms with Crippen LogP contribution in [0.4, 0.5) is 0 Å².